The van der Waals surface area contributed by atoms with E-state index >= 15 is 0 Å². The Balaban J connectivity index is 1.77. The number of carbonyl (C=O) groups excluding carboxylic acids is 2. The van der Waals surface area contributed by atoms with Crippen molar-refractivity contribution in [2.24, 2.45) is 0 Å². The van der Waals surface area contributed by atoms with Crippen LogP contribution in [-0.2, 0) is 16.0 Å². The SMILES string of the molecule is CCc1cc(C(=O)N2CCNCC2)c(NC(=O)C2CCCO2)s1. The van der Waals surface area contributed by atoms with Gasteiger partial charge in [-0.05, 0) is 25.3 Å². The van der Waals surface area contributed by atoms with Crippen LogP contribution in [0.5, 0.6) is 0 Å². The molecule has 0 spiro atoms. The van der Waals surface area contributed by atoms with Crippen LogP contribution >= 0.6 is 11.3 Å². The molecule has 2 N–H and O–H groups in total. The van der Waals surface area contributed by atoms with Gasteiger partial charge in [0.05, 0.1) is 5.56 Å². The molecule has 1 unspecified atom stereocenters. The summed E-state index contributed by atoms with van der Waals surface area (Å²) in [4.78, 5) is 28.0. The highest BCUT2D eigenvalue weighted by Crippen LogP contribution is 2.30. The Bertz CT molecular complexity index is 575. The maximum Gasteiger partial charge on any atom is 0.256 e. The summed E-state index contributed by atoms with van der Waals surface area (Å²) >= 11 is 1.49. The topological polar surface area (TPSA) is 70.7 Å². The first-order valence-corrected chi connectivity index (χ1v) is 9.06. The predicted molar refractivity (Wildman–Crippen MR) is 90.1 cm³/mol. The van der Waals surface area contributed by atoms with Crippen LogP contribution in [0.4, 0.5) is 5.00 Å². The maximum atomic E-state index is 12.8. The van der Waals surface area contributed by atoms with Gasteiger partial charge in [-0.1, -0.05) is 6.92 Å². The number of hydrogen-bond acceptors (Lipinski definition) is 5. The van der Waals surface area contributed by atoms with Crippen LogP contribution in [0.3, 0.4) is 0 Å². The van der Waals surface area contributed by atoms with Gasteiger partial charge in [0.2, 0.25) is 0 Å². The average molecular weight is 337 g/mol. The van der Waals surface area contributed by atoms with E-state index in [1.54, 1.807) is 0 Å². The second kappa shape index (κ2) is 7.42. The monoisotopic (exact) mass is 337 g/mol. The Morgan fingerprint density at radius 1 is 1.43 bits per heavy atom. The number of aryl methyl sites for hydroxylation is 1. The van der Waals surface area contributed by atoms with Crippen molar-refractivity contribution in [2.75, 3.05) is 38.1 Å². The minimum absolute atomic E-state index is 0.00471. The van der Waals surface area contributed by atoms with Crippen molar-refractivity contribution in [3.8, 4) is 0 Å². The van der Waals surface area contributed by atoms with Crippen LogP contribution in [0, 0.1) is 0 Å². The summed E-state index contributed by atoms with van der Waals surface area (Å²) in [6, 6.07) is 1.92. The molecule has 0 saturated carbocycles. The van der Waals surface area contributed by atoms with Gasteiger partial charge in [0.25, 0.3) is 11.8 Å². The van der Waals surface area contributed by atoms with Crippen molar-refractivity contribution in [1.82, 2.24) is 10.2 Å². The second-order valence-electron chi connectivity index (χ2n) is 5.84. The lowest BCUT2D eigenvalue weighted by Gasteiger charge is -2.27. The quantitative estimate of drug-likeness (QED) is 0.873. The number of carbonyl (C=O) groups is 2. The largest absolute Gasteiger partial charge is 0.368 e. The van der Waals surface area contributed by atoms with Gasteiger partial charge in [0.15, 0.2) is 0 Å². The third kappa shape index (κ3) is 3.73. The fourth-order valence-corrected chi connectivity index (χ4v) is 3.87. The highest BCUT2D eigenvalue weighted by molar-refractivity contribution is 7.16. The number of thiophene rings is 1. The molecule has 1 atom stereocenters. The van der Waals surface area contributed by atoms with Gasteiger partial charge < -0.3 is 20.3 Å². The summed E-state index contributed by atoms with van der Waals surface area (Å²) in [5.74, 6) is -0.133. The van der Waals surface area contributed by atoms with Crippen LogP contribution in [0.1, 0.15) is 35.0 Å². The van der Waals surface area contributed by atoms with Gasteiger partial charge in [-0.15, -0.1) is 11.3 Å². The van der Waals surface area contributed by atoms with E-state index in [9.17, 15) is 9.59 Å². The number of anilines is 1. The molecule has 7 heteroatoms. The standard InChI is InChI=1S/C16H23N3O3S/c1-2-11-10-12(16(21)19-7-5-17-6-8-19)15(23-11)18-14(20)13-4-3-9-22-13/h10,13,17H,2-9H2,1H3,(H,18,20). The van der Waals surface area contributed by atoms with E-state index in [2.05, 4.69) is 17.6 Å². The molecule has 1 aromatic heterocycles. The summed E-state index contributed by atoms with van der Waals surface area (Å²) in [5.41, 5.74) is 0.611. The van der Waals surface area contributed by atoms with E-state index in [4.69, 9.17) is 4.74 Å². The molecule has 0 radical (unpaired) electrons. The van der Waals surface area contributed by atoms with Crippen LogP contribution in [0.25, 0.3) is 0 Å². The number of amides is 2. The summed E-state index contributed by atoms with van der Waals surface area (Å²) in [6.45, 7) is 5.72. The number of hydrogen-bond donors (Lipinski definition) is 2. The average Bonchev–Trinajstić information content (AvgIpc) is 3.24. The Morgan fingerprint density at radius 2 is 2.22 bits per heavy atom. The summed E-state index contributed by atoms with van der Waals surface area (Å²) in [5, 5.41) is 6.82. The molecule has 3 heterocycles. The number of ether oxygens (including phenoxy) is 1. The van der Waals surface area contributed by atoms with Crippen molar-refractivity contribution in [3.05, 3.63) is 16.5 Å². The zero-order valence-electron chi connectivity index (χ0n) is 13.4. The molecular weight excluding hydrogens is 314 g/mol. The van der Waals surface area contributed by atoms with Crippen LogP contribution in [0.15, 0.2) is 6.07 Å². The third-order valence-corrected chi connectivity index (χ3v) is 5.42. The Hall–Kier alpha value is -1.44. The van der Waals surface area contributed by atoms with Crippen molar-refractivity contribution in [1.29, 1.82) is 0 Å². The van der Waals surface area contributed by atoms with Gasteiger partial charge in [0, 0.05) is 37.7 Å². The summed E-state index contributed by atoms with van der Waals surface area (Å²) < 4.78 is 5.43. The third-order valence-electron chi connectivity index (χ3n) is 4.23. The lowest BCUT2D eigenvalue weighted by molar-refractivity contribution is -0.124. The number of nitrogens with zero attached hydrogens (tertiary/aromatic N) is 1. The normalized spacial score (nSPS) is 21.4. The lowest BCUT2D eigenvalue weighted by atomic mass is 10.2. The Labute approximate surface area is 140 Å². The highest BCUT2D eigenvalue weighted by atomic mass is 32.1. The minimum Gasteiger partial charge on any atom is -0.368 e. The van der Waals surface area contributed by atoms with E-state index in [0.29, 0.717) is 30.3 Å². The zero-order valence-corrected chi connectivity index (χ0v) is 14.2. The number of rotatable bonds is 4. The fraction of sp³-hybridized carbons (Fsp3) is 0.625. The predicted octanol–water partition coefficient (Wildman–Crippen LogP) is 1.47. The molecule has 23 heavy (non-hydrogen) atoms. The second-order valence-corrected chi connectivity index (χ2v) is 6.98. The van der Waals surface area contributed by atoms with E-state index in [-0.39, 0.29) is 17.9 Å². The van der Waals surface area contributed by atoms with Crippen LogP contribution in [-0.4, -0.2) is 55.6 Å². The van der Waals surface area contributed by atoms with E-state index in [0.717, 1.165) is 37.2 Å². The highest BCUT2D eigenvalue weighted by Gasteiger charge is 2.27. The molecule has 2 saturated heterocycles. The van der Waals surface area contributed by atoms with Gasteiger partial charge in [-0.3, -0.25) is 9.59 Å². The fourth-order valence-electron chi connectivity index (χ4n) is 2.88. The summed E-state index contributed by atoms with van der Waals surface area (Å²) in [7, 11) is 0. The molecule has 6 nitrogen and oxygen atoms in total. The minimum atomic E-state index is -0.385. The molecule has 0 bridgehead atoms. The van der Waals surface area contributed by atoms with Crippen LogP contribution < -0.4 is 10.6 Å². The molecule has 2 aliphatic heterocycles. The van der Waals surface area contributed by atoms with Gasteiger partial charge in [-0.2, -0.15) is 0 Å². The van der Waals surface area contributed by atoms with Crippen molar-refractivity contribution < 1.29 is 14.3 Å². The molecule has 2 amide bonds. The van der Waals surface area contributed by atoms with Gasteiger partial charge >= 0.3 is 0 Å². The molecule has 126 valence electrons. The van der Waals surface area contributed by atoms with E-state index in [1.165, 1.54) is 11.3 Å². The van der Waals surface area contributed by atoms with E-state index < -0.39 is 0 Å². The lowest BCUT2D eigenvalue weighted by Crippen LogP contribution is -2.46. The number of nitrogens with one attached hydrogen (secondary N) is 2. The molecule has 0 aromatic carbocycles. The Morgan fingerprint density at radius 3 is 2.87 bits per heavy atom. The van der Waals surface area contributed by atoms with Crippen LogP contribution in [0.2, 0.25) is 0 Å². The first-order chi connectivity index (χ1) is 11.2. The number of piperazine rings is 1. The zero-order chi connectivity index (χ0) is 16.2. The molecule has 0 aliphatic carbocycles. The summed E-state index contributed by atoms with van der Waals surface area (Å²) in [6.07, 6.45) is 2.13. The molecule has 2 aliphatic rings. The molecule has 3 rings (SSSR count). The van der Waals surface area contributed by atoms with Crippen molar-refractivity contribution in [2.45, 2.75) is 32.3 Å². The molecular formula is C16H23N3O3S. The van der Waals surface area contributed by atoms with Crippen molar-refractivity contribution in [3.63, 3.8) is 0 Å². The Kier molecular flexibility index (Phi) is 5.30. The maximum absolute atomic E-state index is 12.8. The van der Waals surface area contributed by atoms with Gasteiger partial charge in [0.1, 0.15) is 11.1 Å². The first-order valence-electron chi connectivity index (χ1n) is 8.24. The first kappa shape index (κ1) is 16.4. The van der Waals surface area contributed by atoms with Crippen molar-refractivity contribution >= 4 is 28.2 Å². The molecule has 1 aromatic rings. The molecule has 2 fully saturated rings. The van der Waals surface area contributed by atoms with Gasteiger partial charge in [-0.25, -0.2) is 0 Å². The smallest absolute Gasteiger partial charge is 0.256 e. The van der Waals surface area contributed by atoms with E-state index in [1.807, 2.05) is 11.0 Å².